The summed E-state index contributed by atoms with van der Waals surface area (Å²) < 4.78 is 3.49. The lowest BCUT2D eigenvalue weighted by Crippen LogP contribution is -1.94. The second-order valence-electron chi connectivity index (χ2n) is 9.56. The number of hydrogen-bond donors (Lipinski definition) is 0. The molecule has 0 saturated heterocycles. The van der Waals surface area contributed by atoms with Crippen LogP contribution in [0.25, 0.3) is 60.9 Å². The molecule has 1 aromatic heterocycles. The van der Waals surface area contributed by atoms with Crippen molar-refractivity contribution in [3.63, 3.8) is 0 Å². The van der Waals surface area contributed by atoms with Crippen molar-refractivity contribution in [2.24, 2.45) is 0 Å². The van der Waals surface area contributed by atoms with Crippen molar-refractivity contribution in [2.45, 2.75) is 0 Å². The monoisotopic (exact) mass is 549 g/mol. The summed E-state index contributed by atoms with van der Waals surface area (Å²) in [7, 11) is 0. The van der Waals surface area contributed by atoms with Gasteiger partial charge in [0.1, 0.15) is 0 Å². The molecule has 0 aliphatic heterocycles. The van der Waals surface area contributed by atoms with Gasteiger partial charge < -0.3 is 4.57 Å². The number of rotatable bonds is 4. The Bertz CT molecular complexity index is 1930. The number of fused-ring (bicyclic) bond motifs is 3. The lowest BCUT2D eigenvalue weighted by molar-refractivity contribution is 1.18. The van der Waals surface area contributed by atoms with E-state index < -0.39 is 0 Å². The van der Waals surface area contributed by atoms with Crippen molar-refractivity contribution < 1.29 is 0 Å². The molecule has 1 heterocycles. The maximum Gasteiger partial charge on any atom is 0.0547 e. The van der Waals surface area contributed by atoms with Gasteiger partial charge in [0.2, 0.25) is 0 Å². The molecule has 7 aromatic rings. The van der Waals surface area contributed by atoms with Gasteiger partial charge in [0.25, 0.3) is 0 Å². The van der Waals surface area contributed by atoms with E-state index in [0.717, 1.165) is 10.2 Å². The Hall–Kier alpha value is -4.40. The van der Waals surface area contributed by atoms with Crippen molar-refractivity contribution in [1.29, 1.82) is 0 Å². The van der Waals surface area contributed by atoms with Gasteiger partial charge in [0, 0.05) is 20.9 Å². The SMILES string of the molecule is Brc1cccc(-c2ccccc2-c2ccc3c4ccccc4n(-c4cccc(-c5ccccc5)c4)c3c2)c1. The standard InChI is InChI=1S/C36H24BrN/c37-29-14-8-13-27(22-29)31-16-4-5-17-32(31)28-20-21-34-33-18-6-7-19-35(33)38(36(34)24-28)30-15-9-12-26(23-30)25-10-2-1-3-11-25/h1-24H. The van der Waals surface area contributed by atoms with Gasteiger partial charge in [-0.2, -0.15) is 0 Å². The van der Waals surface area contributed by atoms with Crippen LogP contribution in [0.15, 0.2) is 150 Å². The lowest BCUT2D eigenvalue weighted by atomic mass is 9.94. The Morgan fingerprint density at radius 1 is 0.395 bits per heavy atom. The molecule has 0 bridgehead atoms. The maximum atomic E-state index is 3.65. The summed E-state index contributed by atoms with van der Waals surface area (Å²) in [5.41, 5.74) is 10.9. The third-order valence-corrected chi connectivity index (χ3v) is 7.75. The van der Waals surface area contributed by atoms with Gasteiger partial charge in [-0.05, 0) is 69.8 Å². The van der Waals surface area contributed by atoms with E-state index in [9.17, 15) is 0 Å². The van der Waals surface area contributed by atoms with Crippen molar-refractivity contribution in [3.05, 3.63) is 150 Å². The van der Waals surface area contributed by atoms with E-state index in [1.807, 2.05) is 0 Å². The van der Waals surface area contributed by atoms with Gasteiger partial charge in [-0.1, -0.05) is 125 Å². The first-order valence-electron chi connectivity index (χ1n) is 12.8. The number of hydrogen-bond acceptors (Lipinski definition) is 0. The molecule has 0 aliphatic rings. The first kappa shape index (κ1) is 22.8. The molecule has 2 heteroatoms. The van der Waals surface area contributed by atoms with Crippen molar-refractivity contribution in [3.8, 4) is 39.1 Å². The van der Waals surface area contributed by atoms with Gasteiger partial charge in [-0.25, -0.2) is 0 Å². The van der Waals surface area contributed by atoms with E-state index in [1.165, 1.54) is 55.2 Å². The van der Waals surface area contributed by atoms with Crippen LogP contribution in [0.5, 0.6) is 0 Å². The summed E-state index contributed by atoms with van der Waals surface area (Å²) in [6.07, 6.45) is 0. The zero-order valence-corrected chi connectivity index (χ0v) is 22.3. The van der Waals surface area contributed by atoms with Crippen LogP contribution in [0.3, 0.4) is 0 Å². The minimum atomic E-state index is 1.08. The van der Waals surface area contributed by atoms with E-state index in [4.69, 9.17) is 0 Å². The fourth-order valence-electron chi connectivity index (χ4n) is 5.51. The topological polar surface area (TPSA) is 4.93 Å². The smallest absolute Gasteiger partial charge is 0.0547 e. The van der Waals surface area contributed by atoms with E-state index in [2.05, 4.69) is 166 Å². The minimum absolute atomic E-state index is 1.08. The Morgan fingerprint density at radius 3 is 1.84 bits per heavy atom. The number of aromatic nitrogens is 1. The van der Waals surface area contributed by atoms with Gasteiger partial charge in [-0.15, -0.1) is 0 Å². The molecule has 0 amide bonds. The fraction of sp³-hybridized carbons (Fsp3) is 0. The van der Waals surface area contributed by atoms with Crippen LogP contribution in [-0.2, 0) is 0 Å². The summed E-state index contributed by atoms with van der Waals surface area (Å²) in [6.45, 7) is 0. The summed E-state index contributed by atoms with van der Waals surface area (Å²) in [5.74, 6) is 0. The number of nitrogens with zero attached hydrogens (tertiary/aromatic N) is 1. The molecule has 0 aliphatic carbocycles. The predicted octanol–water partition coefficient (Wildman–Crippen LogP) is 10.5. The van der Waals surface area contributed by atoms with Crippen LogP contribution in [0.1, 0.15) is 0 Å². The summed E-state index contributed by atoms with van der Waals surface area (Å²) in [5, 5.41) is 2.52. The normalized spacial score (nSPS) is 11.3. The van der Waals surface area contributed by atoms with Gasteiger partial charge in [0.15, 0.2) is 0 Å². The van der Waals surface area contributed by atoms with Gasteiger partial charge in [0.05, 0.1) is 11.0 Å². The average molecular weight is 550 g/mol. The summed E-state index contributed by atoms with van der Waals surface area (Å²) in [6, 6.07) is 52.2. The molecule has 0 fully saturated rings. The van der Waals surface area contributed by atoms with Gasteiger partial charge in [-0.3, -0.25) is 0 Å². The first-order chi connectivity index (χ1) is 18.8. The minimum Gasteiger partial charge on any atom is -0.309 e. The molecule has 0 N–H and O–H groups in total. The second-order valence-corrected chi connectivity index (χ2v) is 10.5. The quantitative estimate of drug-likeness (QED) is 0.205. The molecular formula is C36H24BrN. The average Bonchev–Trinajstić information content (AvgIpc) is 3.31. The molecule has 0 unspecified atom stereocenters. The summed E-state index contributed by atoms with van der Waals surface area (Å²) >= 11 is 3.65. The largest absolute Gasteiger partial charge is 0.309 e. The molecule has 0 spiro atoms. The summed E-state index contributed by atoms with van der Waals surface area (Å²) in [4.78, 5) is 0. The van der Waals surface area contributed by atoms with Crippen molar-refractivity contribution in [1.82, 2.24) is 4.57 Å². The number of halogens is 1. The molecule has 38 heavy (non-hydrogen) atoms. The zero-order chi connectivity index (χ0) is 25.5. The Kier molecular flexibility index (Phi) is 5.68. The molecule has 180 valence electrons. The van der Waals surface area contributed by atoms with Crippen molar-refractivity contribution >= 4 is 37.7 Å². The van der Waals surface area contributed by atoms with E-state index >= 15 is 0 Å². The highest BCUT2D eigenvalue weighted by molar-refractivity contribution is 9.10. The Labute approximate surface area is 230 Å². The highest BCUT2D eigenvalue weighted by atomic mass is 79.9. The number of benzene rings is 6. The molecular weight excluding hydrogens is 526 g/mol. The first-order valence-corrected chi connectivity index (χ1v) is 13.6. The van der Waals surface area contributed by atoms with Crippen LogP contribution in [0, 0.1) is 0 Å². The van der Waals surface area contributed by atoms with Crippen LogP contribution in [-0.4, -0.2) is 4.57 Å². The third-order valence-electron chi connectivity index (χ3n) is 7.26. The molecule has 1 nitrogen and oxygen atoms in total. The Morgan fingerprint density at radius 2 is 1.03 bits per heavy atom. The van der Waals surface area contributed by atoms with Gasteiger partial charge >= 0.3 is 0 Å². The molecule has 0 radical (unpaired) electrons. The highest BCUT2D eigenvalue weighted by Crippen LogP contribution is 2.38. The fourth-order valence-corrected chi connectivity index (χ4v) is 5.91. The highest BCUT2D eigenvalue weighted by Gasteiger charge is 2.15. The van der Waals surface area contributed by atoms with E-state index in [-0.39, 0.29) is 0 Å². The third kappa shape index (κ3) is 3.95. The Balaban J connectivity index is 1.47. The second kappa shape index (κ2) is 9.48. The zero-order valence-electron chi connectivity index (χ0n) is 20.7. The predicted molar refractivity (Wildman–Crippen MR) is 165 cm³/mol. The number of para-hydroxylation sites is 1. The molecule has 7 rings (SSSR count). The van der Waals surface area contributed by atoms with Crippen molar-refractivity contribution in [2.75, 3.05) is 0 Å². The van der Waals surface area contributed by atoms with Crippen LogP contribution in [0.2, 0.25) is 0 Å². The van der Waals surface area contributed by atoms with Crippen LogP contribution >= 0.6 is 15.9 Å². The van der Waals surface area contributed by atoms with Crippen LogP contribution in [0.4, 0.5) is 0 Å². The van der Waals surface area contributed by atoms with Crippen LogP contribution < -0.4 is 0 Å². The molecule has 0 atom stereocenters. The lowest BCUT2D eigenvalue weighted by Gasteiger charge is -2.13. The molecule has 6 aromatic carbocycles. The van der Waals surface area contributed by atoms with E-state index in [1.54, 1.807) is 0 Å². The van der Waals surface area contributed by atoms with E-state index in [0.29, 0.717) is 0 Å². The molecule has 0 saturated carbocycles. The maximum absolute atomic E-state index is 3.65.